The summed E-state index contributed by atoms with van der Waals surface area (Å²) >= 11 is 3.52. The Kier molecular flexibility index (Phi) is 4.50. The highest BCUT2D eigenvalue weighted by atomic mass is 79.9. The fourth-order valence-electron chi connectivity index (χ4n) is 1.87. The number of nitrogens with two attached hydrogens (primary N) is 1. The number of hydrogen-bond donors (Lipinski definition) is 1. The summed E-state index contributed by atoms with van der Waals surface area (Å²) in [6.07, 6.45) is 0. The molecule has 0 amide bonds. The van der Waals surface area contributed by atoms with Crippen LogP contribution in [0.1, 0.15) is 6.92 Å². The minimum absolute atomic E-state index is 0.106. The molecule has 0 radical (unpaired) electrons. The quantitative estimate of drug-likeness (QED) is 0.941. The van der Waals surface area contributed by atoms with Crippen molar-refractivity contribution in [3.8, 4) is 11.3 Å². The Morgan fingerprint density at radius 3 is 2.53 bits per heavy atom. The number of benzene rings is 1. The van der Waals surface area contributed by atoms with E-state index in [1.165, 1.54) is 0 Å². The van der Waals surface area contributed by atoms with Crippen LogP contribution in [0.25, 0.3) is 11.3 Å². The van der Waals surface area contributed by atoms with Gasteiger partial charge in [-0.05, 0) is 25.1 Å². The van der Waals surface area contributed by atoms with Crippen molar-refractivity contribution in [3.05, 3.63) is 40.9 Å². The molecule has 2 N–H and O–H groups in total. The van der Waals surface area contributed by atoms with E-state index in [9.17, 15) is 0 Å². The van der Waals surface area contributed by atoms with Gasteiger partial charge in [-0.25, -0.2) is 0 Å². The molecule has 1 unspecified atom stereocenters. The van der Waals surface area contributed by atoms with Crippen LogP contribution >= 0.6 is 15.9 Å². The molecule has 1 aromatic heterocycles. The summed E-state index contributed by atoms with van der Waals surface area (Å²) in [5.41, 5.74) is 7.67. The molecule has 4 nitrogen and oxygen atoms in total. The van der Waals surface area contributed by atoms with Crippen molar-refractivity contribution in [1.82, 2.24) is 10.2 Å². The molecule has 0 aliphatic heterocycles. The lowest BCUT2D eigenvalue weighted by molar-refractivity contribution is 0.708. The van der Waals surface area contributed by atoms with Gasteiger partial charge in [-0.15, -0.1) is 10.2 Å². The highest BCUT2D eigenvalue weighted by Gasteiger charge is 2.08. The van der Waals surface area contributed by atoms with Gasteiger partial charge in [0.1, 0.15) is 0 Å². The first kappa shape index (κ1) is 14.0. The number of aromatic nitrogens is 2. The summed E-state index contributed by atoms with van der Waals surface area (Å²) in [7, 11) is 1.96. The molecule has 0 fully saturated rings. The second kappa shape index (κ2) is 6.12. The number of anilines is 1. The van der Waals surface area contributed by atoms with Crippen molar-refractivity contribution < 1.29 is 0 Å². The molecule has 0 spiro atoms. The van der Waals surface area contributed by atoms with Crippen LogP contribution in [-0.4, -0.2) is 29.8 Å². The van der Waals surface area contributed by atoms with Gasteiger partial charge in [0.15, 0.2) is 5.82 Å². The molecule has 100 valence electrons. The minimum atomic E-state index is 0.106. The van der Waals surface area contributed by atoms with Gasteiger partial charge < -0.3 is 10.6 Å². The lowest BCUT2D eigenvalue weighted by Crippen LogP contribution is -2.33. The number of likely N-dealkylation sites (N-methyl/N-ethyl adjacent to an activating group) is 1. The number of nitrogens with zero attached hydrogens (tertiary/aromatic N) is 3. The SMILES string of the molecule is CC(N)CN(C)c1ccc(-c2ccccc2Br)nn1. The van der Waals surface area contributed by atoms with E-state index < -0.39 is 0 Å². The second-order valence-corrected chi connectivity index (χ2v) is 5.47. The molecule has 0 aliphatic rings. The maximum atomic E-state index is 5.78. The summed E-state index contributed by atoms with van der Waals surface area (Å²) in [6.45, 7) is 2.72. The minimum Gasteiger partial charge on any atom is -0.357 e. The first-order chi connectivity index (χ1) is 9.08. The van der Waals surface area contributed by atoms with Gasteiger partial charge in [0.2, 0.25) is 0 Å². The molecule has 0 bridgehead atoms. The predicted octanol–water partition coefficient (Wildman–Crippen LogP) is 2.69. The zero-order chi connectivity index (χ0) is 13.8. The molecule has 5 heteroatoms. The third-order valence-corrected chi connectivity index (χ3v) is 3.44. The van der Waals surface area contributed by atoms with Crippen LogP contribution in [-0.2, 0) is 0 Å². The fourth-order valence-corrected chi connectivity index (χ4v) is 2.35. The molecule has 0 saturated heterocycles. The van der Waals surface area contributed by atoms with Crippen molar-refractivity contribution in [1.29, 1.82) is 0 Å². The Balaban J connectivity index is 2.21. The Morgan fingerprint density at radius 1 is 1.21 bits per heavy atom. The van der Waals surface area contributed by atoms with E-state index in [0.29, 0.717) is 0 Å². The van der Waals surface area contributed by atoms with Gasteiger partial charge >= 0.3 is 0 Å². The van der Waals surface area contributed by atoms with E-state index >= 15 is 0 Å². The van der Waals surface area contributed by atoms with Gasteiger partial charge in [-0.2, -0.15) is 0 Å². The zero-order valence-corrected chi connectivity index (χ0v) is 12.6. The van der Waals surface area contributed by atoms with Crippen LogP contribution in [0.15, 0.2) is 40.9 Å². The summed E-state index contributed by atoms with van der Waals surface area (Å²) < 4.78 is 1.01. The number of rotatable bonds is 4. The normalized spacial score (nSPS) is 12.2. The molecular weight excluding hydrogens is 304 g/mol. The van der Waals surface area contributed by atoms with Crippen LogP contribution in [0.4, 0.5) is 5.82 Å². The van der Waals surface area contributed by atoms with Gasteiger partial charge in [0.25, 0.3) is 0 Å². The van der Waals surface area contributed by atoms with Crippen molar-refractivity contribution in [2.45, 2.75) is 13.0 Å². The van der Waals surface area contributed by atoms with Crippen molar-refractivity contribution >= 4 is 21.7 Å². The van der Waals surface area contributed by atoms with E-state index in [-0.39, 0.29) is 6.04 Å². The summed E-state index contributed by atoms with van der Waals surface area (Å²) in [6, 6.07) is 12.0. The molecule has 0 saturated carbocycles. The highest BCUT2D eigenvalue weighted by molar-refractivity contribution is 9.10. The standard InChI is InChI=1S/C14H17BrN4/c1-10(16)9-19(2)14-8-7-13(17-18-14)11-5-3-4-6-12(11)15/h3-8,10H,9,16H2,1-2H3. The fraction of sp³-hybridized carbons (Fsp3) is 0.286. The average Bonchev–Trinajstić information content (AvgIpc) is 2.39. The van der Waals surface area contributed by atoms with E-state index in [2.05, 4.69) is 26.1 Å². The zero-order valence-electron chi connectivity index (χ0n) is 11.0. The maximum absolute atomic E-state index is 5.78. The van der Waals surface area contributed by atoms with Crippen LogP contribution < -0.4 is 10.6 Å². The van der Waals surface area contributed by atoms with Gasteiger partial charge in [-0.3, -0.25) is 0 Å². The summed E-state index contributed by atoms with van der Waals surface area (Å²) in [5.74, 6) is 0.827. The van der Waals surface area contributed by atoms with Gasteiger partial charge in [-0.1, -0.05) is 34.1 Å². The third-order valence-electron chi connectivity index (χ3n) is 2.75. The second-order valence-electron chi connectivity index (χ2n) is 4.61. The lowest BCUT2D eigenvalue weighted by atomic mass is 10.1. The highest BCUT2D eigenvalue weighted by Crippen LogP contribution is 2.26. The monoisotopic (exact) mass is 320 g/mol. The first-order valence-corrected chi connectivity index (χ1v) is 6.92. The third kappa shape index (κ3) is 3.52. The molecule has 2 rings (SSSR count). The van der Waals surface area contributed by atoms with E-state index in [1.807, 2.05) is 55.3 Å². The van der Waals surface area contributed by atoms with E-state index in [4.69, 9.17) is 5.73 Å². The maximum Gasteiger partial charge on any atom is 0.151 e. The van der Waals surface area contributed by atoms with Crippen LogP contribution in [0.5, 0.6) is 0 Å². The number of hydrogen-bond acceptors (Lipinski definition) is 4. The largest absolute Gasteiger partial charge is 0.357 e. The lowest BCUT2D eigenvalue weighted by Gasteiger charge is -2.19. The summed E-state index contributed by atoms with van der Waals surface area (Å²) in [4.78, 5) is 2.00. The van der Waals surface area contributed by atoms with E-state index in [1.54, 1.807) is 0 Å². The van der Waals surface area contributed by atoms with Crippen molar-refractivity contribution in [2.24, 2.45) is 5.73 Å². The smallest absolute Gasteiger partial charge is 0.151 e. The van der Waals surface area contributed by atoms with Crippen LogP contribution in [0, 0.1) is 0 Å². The Hall–Kier alpha value is -1.46. The van der Waals surface area contributed by atoms with Crippen molar-refractivity contribution in [2.75, 3.05) is 18.5 Å². The summed E-state index contributed by atoms with van der Waals surface area (Å²) in [5, 5.41) is 8.52. The Bertz CT molecular complexity index is 539. The number of halogens is 1. The average molecular weight is 321 g/mol. The van der Waals surface area contributed by atoms with Crippen molar-refractivity contribution in [3.63, 3.8) is 0 Å². The van der Waals surface area contributed by atoms with Gasteiger partial charge in [0, 0.05) is 29.7 Å². The molecule has 1 atom stereocenters. The molecule has 2 aromatic rings. The molecular formula is C14H17BrN4. The predicted molar refractivity (Wildman–Crippen MR) is 82.1 cm³/mol. The molecule has 0 aliphatic carbocycles. The molecule has 1 aromatic carbocycles. The van der Waals surface area contributed by atoms with Crippen LogP contribution in [0.2, 0.25) is 0 Å². The van der Waals surface area contributed by atoms with E-state index in [0.717, 1.165) is 28.1 Å². The Labute approximate surface area is 121 Å². The van der Waals surface area contributed by atoms with Crippen LogP contribution in [0.3, 0.4) is 0 Å². The topological polar surface area (TPSA) is 55.0 Å². The first-order valence-electron chi connectivity index (χ1n) is 6.13. The molecule has 1 heterocycles. The molecule has 19 heavy (non-hydrogen) atoms. The Morgan fingerprint density at radius 2 is 1.95 bits per heavy atom. The van der Waals surface area contributed by atoms with Gasteiger partial charge in [0.05, 0.1) is 5.69 Å².